The highest BCUT2D eigenvalue weighted by Crippen LogP contribution is 2.37. The standard InChI is InChI=1S/C27H34N3O4P/c1-4-30(5-2)13-6-14-33-25-17-21-20(16-24(25)32-3)22(11-12-28-21)34-23-10-9-19(15-26(23)35)29-27(31)18-7-8-18/h9-12,15-18H,4-8,13-14,35H2,1-3H3,(H,29,31). The minimum absolute atomic E-state index is 0.0846. The summed E-state index contributed by atoms with van der Waals surface area (Å²) in [5.74, 6) is 2.91. The SMILES string of the molecule is CCN(CC)CCCOc1cc2nccc(Oc3ccc(NC(=O)C4CC4)cc3P)c2cc1OC. The average molecular weight is 496 g/mol. The Morgan fingerprint density at radius 1 is 1.09 bits per heavy atom. The van der Waals surface area contributed by atoms with Crippen LogP contribution in [-0.4, -0.2) is 49.1 Å². The Labute approximate surface area is 209 Å². The van der Waals surface area contributed by atoms with Crippen LogP contribution in [0.2, 0.25) is 0 Å². The van der Waals surface area contributed by atoms with Crippen LogP contribution in [0.5, 0.6) is 23.0 Å². The van der Waals surface area contributed by atoms with Crippen LogP contribution in [0.4, 0.5) is 5.69 Å². The fourth-order valence-electron chi connectivity index (χ4n) is 3.93. The number of nitrogens with zero attached hydrogens (tertiary/aromatic N) is 2. The third-order valence-corrected chi connectivity index (χ3v) is 6.65. The summed E-state index contributed by atoms with van der Waals surface area (Å²) in [4.78, 5) is 18.9. The number of ether oxygens (including phenoxy) is 3. The number of fused-ring (bicyclic) bond motifs is 1. The molecule has 35 heavy (non-hydrogen) atoms. The molecule has 1 aromatic heterocycles. The van der Waals surface area contributed by atoms with Crippen molar-refractivity contribution in [3.8, 4) is 23.0 Å². The zero-order valence-corrected chi connectivity index (χ0v) is 21.8. The highest BCUT2D eigenvalue weighted by atomic mass is 31.0. The number of amides is 1. The normalized spacial score (nSPS) is 13.2. The van der Waals surface area contributed by atoms with Gasteiger partial charge in [-0.05, 0) is 62.7 Å². The Morgan fingerprint density at radius 3 is 2.57 bits per heavy atom. The van der Waals surface area contributed by atoms with E-state index in [0.29, 0.717) is 29.6 Å². The molecule has 0 spiro atoms. The molecule has 8 heteroatoms. The van der Waals surface area contributed by atoms with Crippen LogP contribution in [0, 0.1) is 5.92 Å². The lowest BCUT2D eigenvalue weighted by molar-refractivity contribution is -0.117. The van der Waals surface area contributed by atoms with E-state index < -0.39 is 0 Å². The minimum atomic E-state index is 0.0846. The number of methoxy groups -OCH3 is 1. The molecule has 1 atom stereocenters. The first-order chi connectivity index (χ1) is 17.0. The molecule has 3 aromatic rings. The summed E-state index contributed by atoms with van der Waals surface area (Å²) in [7, 11) is 4.31. The van der Waals surface area contributed by atoms with Crippen molar-refractivity contribution in [2.75, 3.05) is 38.7 Å². The first-order valence-electron chi connectivity index (χ1n) is 12.2. The molecule has 4 rings (SSSR count). The Balaban J connectivity index is 1.49. The van der Waals surface area contributed by atoms with E-state index in [2.05, 4.69) is 38.3 Å². The molecule has 2 aromatic carbocycles. The summed E-state index contributed by atoms with van der Waals surface area (Å²) in [5.41, 5.74) is 1.53. The molecule has 0 bridgehead atoms. The number of carbonyl (C=O) groups is 1. The first kappa shape index (κ1) is 25.2. The van der Waals surface area contributed by atoms with Gasteiger partial charge in [-0.25, -0.2) is 0 Å². The number of aromatic nitrogens is 1. The quantitative estimate of drug-likeness (QED) is 0.282. The maximum absolute atomic E-state index is 12.1. The smallest absolute Gasteiger partial charge is 0.227 e. The van der Waals surface area contributed by atoms with E-state index in [1.165, 1.54) is 0 Å². The zero-order valence-electron chi connectivity index (χ0n) is 20.7. The van der Waals surface area contributed by atoms with Crippen molar-refractivity contribution in [1.29, 1.82) is 0 Å². The number of pyridine rings is 1. The van der Waals surface area contributed by atoms with Crippen LogP contribution in [0.25, 0.3) is 10.9 Å². The summed E-state index contributed by atoms with van der Waals surface area (Å²) < 4.78 is 17.9. The van der Waals surface area contributed by atoms with E-state index in [4.69, 9.17) is 14.2 Å². The predicted molar refractivity (Wildman–Crippen MR) is 143 cm³/mol. The molecular formula is C27H34N3O4P. The molecule has 0 saturated heterocycles. The Hall–Kier alpha value is -2.89. The van der Waals surface area contributed by atoms with Gasteiger partial charge < -0.3 is 24.4 Å². The number of carbonyl (C=O) groups excluding carboxylic acids is 1. The van der Waals surface area contributed by atoms with Gasteiger partial charge in [-0.3, -0.25) is 9.78 Å². The van der Waals surface area contributed by atoms with Crippen LogP contribution in [-0.2, 0) is 4.79 Å². The Bertz CT molecular complexity index is 1180. The third kappa shape index (κ3) is 6.41. The molecule has 1 aliphatic carbocycles. The van der Waals surface area contributed by atoms with Crippen molar-refractivity contribution in [3.05, 3.63) is 42.6 Å². The van der Waals surface area contributed by atoms with Gasteiger partial charge in [-0.2, -0.15) is 0 Å². The van der Waals surface area contributed by atoms with Gasteiger partial charge >= 0.3 is 0 Å². The summed E-state index contributed by atoms with van der Waals surface area (Å²) in [6.45, 7) is 8.03. The minimum Gasteiger partial charge on any atom is -0.493 e. The molecule has 1 aliphatic rings. The van der Waals surface area contributed by atoms with Gasteiger partial charge in [0.15, 0.2) is 11.5 Å². The molecule has 7 nitrogen and oxygen atoms in total. The Kier molecular flexibility index (Phi) is 8.42. The monoisotopic (exact) mass is 495 g/mol. The van der Waals surface area contributed by atoms with Crippen LogP contribution >= 0.6 is 9.24 Å². The second-order valence-corrected chi connectivity index (χ2v) is 9.30. The molecule has 1 N–H and O–H groups in total. The fraction of sp³-hybridized carbons (Fsp3) is 0.407. The lowest BCUT2D eigenvalue weighted by Crippen LogP contribution is -2.25. The van der Waals surface area contributed by atoms with E-state index in [-0.39, 0.29) is 11.8 Å². The number of rotatable bonds is 12. The lowest BCUT2D eigenvalue weighted by atomic mass is 10.1. The maximum atomic E-state index is 12.1. The largest absolute Gasteiger partial charge is 0.493 e. The van der Waals surface area contributed by atoms with Crippen molar-refractivity contribution in [3.63, 3.8) is 0 Å². The highest BCUT2D eigenvalue weighted by Gasteiger charge is 2.29. The lowest BCUT2D eigenvalue weighted by Gasteiger charge is -2.18. The molecule has 0 radical (unpaired) electrons. The van der Waals surface area contributed by atoms with Crippen LogP contribution in [0.15, 0.2) is 42.6 Å². The molecular weight excluding hydrogens is 461 g/mol. The van der Waals surface area contributed by atoms with E-state index in [0.717, 1.165) is 60.8 Å². The van der Waals surface area contributed by atoms with Gasteiger partial charge in [0.2, 0.25) is 5.91 Å². The molecule has 186 valence electrons. The summed E-state index contributed by atoms with van der Waals surface area (Å²) in [5, 5.41) is 4.65. The van der Waals surface area contributed by atoms with Crippen molar-refractivity contribution < 1.29 is 19.0 Å². The first-order valence-corrected chi connectivity index (χ1v) is 12.8. The maximum Gasteiger partial charge on any atom is 0.227 e. The topological polar surface area (TPSA) is 72.9 Å². The summed E-state index contributed by atoms with van der Waals surface area (Å²) in [6, 6.07) is 11.3. The predicted octanol–water partition coefficient (Wildman–Crippen LogP) is 5.00. The number of nitrogens with one attached hydrogen (secondary N) is 1. The van der Waals surface area contributed by atoms with Gasteiger partial charge in [0.1, 0.15) is 11.5 Å². The van der Waals surface area contributed by atoms with Gasteiger partial charge in [0.05, 0.1) is 19.2 Å². The van der Waals surface area contributed by atoms with Crippen LogP contribution in [0.1, 0.15) is 33.1 Å². The van der Waals surface area contributed by atoms with Crippen LogP contribution in [0.3, 0.4) is 0 Å². The van der Waals surface area contributed by atoms with Gasteiger partial charge in [-0.1, -0.05) is 13.8 Å². The van der Waals surface area contributed by atoms with Crippen molar-refractivity contribution >= 4 is 37.0 Å². The summed E-state index contributed by atoms with van der Waals surface area (Å²) >= 11 is 0. The van der Waals surface area contributed by atoms with E-state index >= 15 is 0 Å². The Morgan fingerprint density at radius 2 is 1.89 bits per heavy atom. The molecule has 1 amide bonds. The number of benzene rings is 2. The zero-order chi connectivity index (χ0) is 24.8. The average Bonchev–Trinajstić information content (AvgIpc) is 3.71. The fourth-order valence-corrected chi connectivity index (χ4v) is 4.26. The van der Waals surface area contributed by atoms with E-state index in [9.17, 15) is 4.79 Å². The second-order valence-electron chi connectivity index (χ2n) is 8.68. The number of anilines is 1. The van der Waals surface area contributed by atoms with Crippen molar-refractivity contribution in [2.45, 2.75) is 33.1 Å². The van der Waals surface area contributed by atoms with E-state index in [1.807, 2.05) is 36.4 Å². The number of hydrogen-bond acceptors (Lipinski definition) is 6. The van der Waals surface area contributed by atoms with Gasteiger partial charge in [0, 0.05) is 41.1 Å². The second kappa shape index (κ2) is 11.7. The van der Waals surface area contributed by atoms with Gasteiger partial charge in [0.25, 0.3) is 0 Å². The molecule has 1 saturated carbocycles. The number of hydrogen-bond donors (Lipinski definition) is 1. The molecule has 1 fully saturated rings. The van der Waals surface area contributed by atoms with Crippen molar-refractivity contribution in [1.82, 2.24) is 9.88 Å². The molecule has 1 heterocycles. The molecule has 0 aliphatic heterocycles. The van der Waals surface area contributed by atoms with Gasteiger partial charge in [-0.15, -0.1) is 9.24 Å². The summed E-state index contributed by atoms with van der Waals surface area (Å²) in [6.07, 6.45) is 4.61. The third-order valence-electron chi connectivity index (χ3n) is 6.20. The highest BCUT2D eigenvalue weighted by molar-refractivity contribution is 7.27. The van der Waals surface area contributed by atoms with Crippen LogP contribution < -0.4 is 24.8 Å². The molecule has 1 unspecified atom stereocenters. The van der Waals surface area contributed by atoms with E-state index in [1.54, 1.807) is 13.3 Å². The van der Waals surface area contributed by atoms with Crippen molar-refractivity contribution in [2.24, 2.45) is 5.92 Å².